The van der Waals surface area contributed by atoms with Gasteiger partial charge in [-0.05, 0) is 30.9 Å². The van der Waals surface area contributed by atoms with Crippen LogP contribution in [-0.2, 0) is 20.4 Å². The third-order valence-electron chi connectivity index (χ3n) is 3.43. The molecule has 0 spiro atoms. The Balaban J connectivity index is 1.96. The molecule has 0 amide bonds. The quantitative estimate of drug-likeness (QED) is 0.597. The van der Waals surface area contributed by atoms with E-state index in [1.165, 1.54) is 12.1 Å². The van der Waals surface area contributed by atoms with Crippen molar-refractivity contribution in [2.24, 2.45) is 5.92 Å². The molecule has 1 aromatic rings. The Bertz CT molecular complexity index is 499. The molecule has 1 aromatic carbocycles. The Morgan fingerprint density at radius 1 is 1.29 bits per heavy atom. The largest absolute Gasteiger partial charge is 0.463 e. The molecule has 0 saturated heterocycles. The van der Waals surface area contributed by atoms with Gasteiger partial charge in [0, 0.05) is 6.61 Å². The molecule has 1 aliphatic rings. The average Bonchev–Trinajstić information content (AvgIpc) is 3.23. The van der Waals surface area contributed by atoms with E-state index in [2.05, 4.69) is 0 Å². The van der Waals surface area contributed by atoms with E-state index in [0.29, 0.717) is 19.6 Å². The number of rotatable bonds is 6. The van der Waals surface area contributed by atoms with Crippen LogP contribution >= 0.6 is 0 Å². The number of ether oxygens (including phenoxy) is 2. The number of halogens is 3. The van der Waals surface area contributed by atoms with Crippen LogP contribution in [0.4, 0.5) is 13.2 Å². The highest BCUT2D eigenvalue weighted by Gasteiger charge is 2.48. The van der Waals surface area contributed by atoms with Crippen molar-refractivity contribution >= 4 is 5.97 Å². The molecule has 1 fully saturated rings. The number of carbonyl (C=O) groups is 1. The second kappa shape index (κ2) is 6.47. The van der Waals surface area contributed by atoms with Gasteiger partial charge in [0.15, 0.2) is 0 Å². The maximum atomic E-state index is 12.9. The third-order valence-corrected chi connectivity index (χ3v) is 3.43. The lowest BCUT2D eigenvalue weighted by Gasteiger charge is -2.12. The minimum absolute atomic E-state index is 0.136. The van der Waals surface area contributed by atoms with Crippen molar-refractivity contribution in [3.8, 4) is 0 Å². The van der Waals surface area contributed by atoms with Crippen molar-refractivity contribution in [2.75, 3.05) is 19.8 Å². The smallest absolute Gasteiger partial charge is 0.416 e. The molecule has 0 radical (unpaired) electrons. The molecule has 0 N–H and O–H groups in total. The van der Waals surface area contributed by atoms with E-state index in [1.54, 1.807) is 6.07 Å². The summed E-state index contributed by atoms with van der Waals surface area (Å²) in [4.78, 5) is 11.8. The first-order valence-electron chi connectivity index (χ1n) is 6.85. The fourth-order valence-electron chi connectivity index (χ4n) is 2.33. The number of hydrogen-bond donors (Lipinski definition) is 0. The van der Waals surface area contributed by atoms with E-state index < -0.39 is 29.5 Å². The van der Waals surface area contributed by atoms with E-state index in [9.17, 15) is 18.0 Å². The van der Waals surface area contributed by atoms with Gasteiger partial charge in [-0.15, -0.1) is 0 Å². The van der Waals surface area contributed by atoms with Crippen LogP contribution in [0.1, 0.15) is 30.4 Å². The molecular formula is C15H17F3O3. The minimum atomic E-state index is -4.40. The van der Waals surface area contributed by atoms with Crippen LogP contribution in [0.15, 0.2) is 24.3 Å². The zero-order chi connectivity index (χ0) is 15.5. The van der Waals surface area contributed by atoms with Gasteiger partial charge in [-0.3, -0.25) is 4.79 Å². The van der Waals surface area contributed by atoms with Crippen molar-refractivity contribution in [1.82, 2.24) is 0 Å². The molecule has 2 atom stereocenters. The van der Waals surface area contributed by atoms with Crippen LogP contribution in [0.2, 0.25) is 0 Å². The van der Waals surface area contributed by atoms with Gasteiger partial charge in [0.2, 0.25) is 0 Å². The highest BCUT2D eigenvalue weighted by atomic mass is 19.4. The Morgan fingerprint density at radius 2 is 2.00 bits per heavy atom. The summed E-state index contributed by atoms with van der Waals surface area (Å²) >= 11 is 0. The second-order valence-corrected chi connectivity index (χ2v) is 4.90. The summed E-state index contributed by atoms with van der Waals surface area (Å²) in [7, 11) is 0. The van der Waals surface area contributed by atoms with E-state index in [0.717, 1.165) is 6.07 Å². The zero-order valence-electron chi connectivity index (χ0n) is 11.7. The maximum Gasteiger partial charge on any atom is 0.416 e. The van der Waals surface area contributed by atoms with Gasteiger partial charge >= 0.3 is 12.1 Å². The molecule has 0 aromatic heterocycles. The van der Waals surface area contributed by atoms with Crippen LogP contribution in [0.5, 0.6) is 0 Å². The van der Waals surface area contributed by atoms with Gasteiger partial charge < -0.3 is 9.47 Å². The first-order valence-corrected chi connectivity index (χ1v) is 6.85. The highest BCUT2D eigenvalue weighted by molar-refractivity contribution is 5.77. The SMILES string of the molecule is CCOCCOC(=O)C1CC1c1ccccc1C(F)(F)F. The highest BCUT2D eigenvalue weighted by Crippen LogP contribution is 2.51. The van der Waals surface area contributed by atoms with Crippen LogP contribution in [0.3, 0.4) is 0 Å². The molecule has 2 unspecified atom stereocenters. The molecule has 1 aliphatic carbocycles. The lowest BCUT2D eigenvalue weighted by Crippen LogP contribution is -2.14. The molecule has 21 heavy (non-hydrogen) atoms. The molecule has 2 rings (SSSR count). The first-order chi connectivity index (χ1) is 9.95. The van der Waals surface area contributed by atoms with Gasteiger partial charge in [-0.2, -0.15) is 13.2 Å². The van der Waals surface area contributed by atoms with Crippen LogP contribution < -0.4 is 0 Å². The average molecular weight is 302 g/mol. The van der Waals surface area contributed by atoms with Gasteiger partial charge in [0.1, 0.15) is 6.61 Å². The zero-order valence-corrected chi connectivity index (χ0v) is 11.7. The summed E-state index contributed by atoms with van der Waals surface area (Å²) in [6, 6.07) is 5.39. The van der Waals surface area contributed by atoms with Gasteiger partial charge in [-0.25, -0.2) is 0 Å². The van der Waals surface area contributed by atoms with Crippen molar-refractivity contribution in [1.29, 1.82) is 0 Å². The fraction of sp³-hybridized carbons (Fsp3) is 0.533. The van der Waals surface area contributed by atoms with Crippen LogP contribution in [-0.4, -0.2) is 25.8 Å². The Hall–Kier alpha value is -1.56. The Morgan fingerprint density at radius 3 is 2.67 bits per heavy atom. The third kappa shape index (κ3) is 3.97. The van der Waals surface area contributed by atoms with Crippen molar-refractivity contribution in [3.63, 3.8) is 0 Å². The molecule has 6 heteroatoms. The number of carbonyl (C=O) groups excluding carboxylic acids is 1. The molecule has 0 heterocycles. The standard InChI is InChI=1S/C15H17F3O3/c1-2-20-7-8-21-14(19)12-9-11(12)10-5-3-4-6-13(10)15(16,17)18/h3-6,11-12H,2,7-9H2,1H3. The number of benzene rings is 1. The molecule has 116 valence electrons. The normalized spacial score (nSPS) is 21.1. The summed E-state index contributed by atoms with van der Waals surface area (Å²) in [5.41, 5.74) is -0.489. The predicted octanol–water partition coefficient (Wildman–Crippen LogP) is 3.39. The van der Waals surface area contributed by atoms with E-state index in [-0.39, 0.29) is 12.2 Å². The monoisotopic (exact) mass is 302 g/mol. The Labute approximate surface area is 121 Å². The number of esters is 1. The van der Waals surface area contributed by atoms with Crippen molar-refractivity contribution in [3.05, 3.63) is 35.4 Å². The molecule has 0 bridgehead atoms. The number of alkyl halides is 3. The van der Waals surface area contributed by atoms with Crippen molar-refractivity contribution < 1.29 is 27.4 Å². The number of hydrogen-bond acceptors (Lipinski definition) is 3. The van der Waals surface area contributed by atoms with Crippen LogP contribution in [0.25, 0.3) is 0 Å². The summed E-state index contributed by atoms with van der Waals surface area (Å²) < 4.78 is 48.8. The molecule has 3 nitrogen and oxygen atoms in total. The molecular weight excluding hydrogens is 285 g/mol. The molecule has 0 aliphatic heterocycles. The van der Waals surface area contributed by atoms with E-state index in [4.69, 9.17) is 9.47 Å². The van der Waals surface area contributed by atoms with Gasteiger partial charge in [0.05, 0.1) is 18.1 Å². The minimum Gasteiger partial charge on any atom is -0.463 e. The van der Waals surface area contributed by atoms with E-state index in [1.807, 2.05) is 6.92 Å². The maximum absolute atomic E-state index is 12.9. The molecule has 1 saturated carbocycles. The van der Waals surface area contributed by atoms with Crippen LogP contribution in [0, 0.1) is 5.92 Å². The Kier molecular flexibility index (Phi) is 4.88. The summed E-state index contributed by atoms with van der Waals surface area (Å²) in [5, 5.41) is 0. The first kappa shape index (κ1) is 15.8. The lowest BCUT2D eigenvalue weighted by molar-refractivity contribution is -0.147. The summed E-state index contributed by atoms with van der Waals surface area (Å²) in [6.07, 6.45) is -4.00. The summed E-state index contributed by atoms with van der Waals surface area (Å²) in [6.45, 7) is 2.80. The topological polar surface area (TPSA) is 35.5 Å². The predicted molar refractivity (Wildman–Crippen MR) is 69.7 cm³/mol. The second-order valence-electron chi connectivity index (χ2n) is 4.90. The van der Waals surface area contributed by atoms with Gasteiger partial charge in [0.25, 0.3) is 0 Å². The van der Waals surface area contributed by atoms with Crippen molar-refractivity contribution in [2.45, 2.75) is 25.4 Å². The van der Waals surface area contributed by atoms with E-state index >= 15 is 0 Å². The fourth-order valence-corrected chi connectivity index (χ4v) is 2.33. The summed E-state index contributed by atoms with van der Waals surface area (Å²) in [5.74, 6) is -1.32. The van der Waals surface area contributed by atoms with Gasteiger partial charge in [-0.1, -0.05) is 18.2 Å². The lowest BCUT2D eigenvalue weighted by atomic mass is 10.0.